The molecule has 8 bridgehead atoms. The molecule has 0 saturated heterocycles. The maximum Gasteiger partial charge on any atom is 0.164 e. The van der Waals surface area contributed by atoms with Crippen molar-refractivity contribution < 1.29 is 0 Å². The van der Waals surface area contributed by atoms with Gasteiger partial charge in [-0.1, -0.05) is 152 Å². The largest absolute Gasteiger partial charge is 0.324 e. The van der Waals surface area contributed by atoms with Crippen LogP contribution in [0.15, 0.2) is 95.9 Å². The first kappa shape index (κ1) is 44.6. The van der Waals surface area contributed by atoms with Crippen molar-refractivity contribution in [2.24, 2.45) is 0 Å². The van der Waals surface area contributed by atoms with Crippen molar-refractivity contribution in [3.63, 3.8) is 0 Å². The topological polar surface area (TPSA) is 157 Å². The summed E-state index contributed by atoms with van der Waals surface area (Å²) in [4.78, 5) is 40.6. The summed E-state index contributed by atoms with van der Waals surface area (Å²) in [6.45, 7) is 14.7. The van der Waals surface area contributed by atoms with Crippen molar-refractivity contribution in [3.8, 4) is 45.6 Å². The molecule has 340 valence electrons. The predicted molar refractivity (Wildman–Crippen MR) is 273 cm³/mol. The highest BCUT2D eigenvalue weighted by Gasteiger charge is 2.60. The predicted octanol–water partition coefficient (Wildman–Crippen LogP) is 12.1. The van der Waals surface area contributed by atoms with E-state index in [1.54, 1.807) is 0 Å². The van der Waals surface area contributed by atoms with Crippen molar-refractivity contribution >= 4 is 53.2 Å². The van der Waals surface area contributed by atoms with Crippen LogP contribution in [0.1, 0.15) is 98.8 Å². The van der Waals surface area contributed by atoms with Gasteiger partial charge >= 0.3 is 0 Å². The van der Waals surface area contributed by atoms with Crippen LogP contribution in [0.4, 0.5) is 0 Å². The van der Waals surface area contributed by atoms with Gasteiger partial charge in [-0.15, -0.1) is 9.04 Å². The van der Waals surface area contributed by atoms with Gasteiger partial charge in [-0.05, 0) is 38.2 Å². The van der Waals surface area contributed by atoms with Gasteiger partial charge in [0.05, 0.1) is 0 Å². The number of hydrogen-bond acceptors (Lipinski definition) is 10. The summed E-state index contributed by atoms with van der Waals surface area (Å²) in [7, 11) is -4.21. The first-order valence-electron chi connectivity index (χ1n) is 24.2. The third kappa shape index (κ3) is 7.80. The van der Waals surface area contributed by atoms with E-state index in [1.807, 2.05) is 30.3 Å². The van der Waals surface area contributed by atoms with Crippen LogP contribution in [0.2, 0.25) is 0 Å². The average molecular weight is 891 g/mol. The van der Waals surface area contributed by atoms with Crippen LogP contribution >= 0.6 is 9.04 Å². The summed E-state index contributed by atoms with van der Waals surface area (Å²) in [5, 5.41) is 3.86. The minimum absolute atomic E-state index is 0.591. The quantitative estimate of drug-likeness (QED) is 0.0407. The van der Waals surface area contributed by atoms with Gasteiger partial charge in [0.1, 0.15) is 22.6 Å². The van der Waals surface area contributed by atoms with Gasteiger partial charge in [-0.3, -0.25) is 18.9 Å². The molecule has 0 unspecified atom stereocenters. The summed E-state index contributed by atoms with van der Waals surface area (Å²) in [5.74, 6) is 3.21. The van der Waals surface area contributed by atoms with Crippen LogP contribution in [0, 0.1) is 0 Å². The summed E-state index contributed by atoms with van der Waals surface area (Å²) < 4.78 is 17.9. The molecule has 12 nitrogen and oxygen atoms in total. The zero-order valence-corrected chi connectivity index (χ0v) is 39.7. The molecule has 9 rings (SSSR count). The Morgan fingerprint density at radius 3 is 1.15 bits per heavy atom. The van der Waals surface area contributed by atoms with Crippen LogP contribution in [-0.4, -0.2) is 71.8 Å². The van der Waals surface area contributed by atoms with Crippen molar-refractivity contribution in [1.82, 2.24) is 58.8 Å². The van der Waals surface area contributed by atoms with Gasteiger partial charge in [-0.25, -0.2) is 29.9 Å². The van der Waals surface area contributed by atoms with Crippen molar-refractivity contribution in [3.05, 3.63) is 91.0 Å². The standard InChI is InChI=1S/C52H66N12S/c1-6-11-31-53-65(35-15-10-5,54-32-12-7-2,55-33-13-8-3,56-34-14-9-4)43-30-22-29-42-44(43)52-63-50-41-28-21-20-27-40(41)48(61-50)59-46-37-24-17-16-23-36(37)45(57-46)58-47-38-25-18-19-26-39(38)49(60-47)62-51(42)64-52/h16-30,53-56H,6-15,31-35H2,1-5H3,(H2,57,58,59,60,61,62,63,64). The monoisotopic (exact) mass is 891 g/mol. The van der Waals surface area contributed by atoms with Gasteiger partial charge < -0.3 is 9.97 Å². The Labute approximate surface area is 382 Å². The summed E-state index contributed by atoms with van der Waals surface area (Å²) in [6, 6.07) is 31.5. The number of aromatic nitrogens is 8. The number of benzene rings is 4. The lowest BCUT2D eigenvalue weighted by Crippen LogP contribution is -2.75. The number of fused-ring (bicyclic) bond motifs is 20. The van der Waals surface area contributed by atoms with E-state index in [-0.39, 0.29) is 0 Å². The van der Waals surface area contributed by atoms with E-state index in [1.165, 1.54) is 0 Å². The lowest BCUT2D eigenvalue weighted by Gasteiger charge is -2.82. The lowest BCUT2D eigenvalue weighted by atomic mass is 10.1. The Morgan fingerprint density at radius 1 is 0.385 bits per heavy atom. The summed E-state index contributed by atoms with van der Waals surface area (Å²) >= 11 is 0. The molecule has 3 aromatic heterocycles. The third-order valence-electron chi connectivity index (χ3n) is 13.2. The zero-order chi connectivity index (χ0) is 44.9. The molecule has 5 heterocycles. The first-order chi connectivity index (χ1) is 31.8. The second-order valence-electron chi connectivity index (χ2n) is 17.7. The number of nitrogens with one attached hydrogen (secondary N) is 6. The lowest BCUT2D eigenvalue weighted by molar-refractivity contribution is 0.634. The maximum atomic E-state index is 5.63. The molecular formula is C52H66N12S. The van der Waals surface area contributed by atoms with E-state index in [2.05, 4.69) is 124 Å². The minimum Gasteiger partial charge on any atom is -0.324 e. The fourth-order valence-corrected chi connectivity index (χ4v) is 16.8. The van der Waals surface area contributed by atoms with Crippen LogP contribution < -0.4 is 18.9 Å². The van der Waals surface area contributed by atoms with E-state index in [4.69, 9.17) is 29.9 Å². The van der Waals surface area contributed by atoms with Gasteiger partial charge in [-0.2, -0.15) is 0 Å². The number of nitrogens with zero attached hydrogens (tertiary/aromatic N) is 6. The number of unbranched alkanes of at least 4 members (excludes halogenated alkanes) is 5. The third-order valence-corrected chi connectivity index (χ3v) is 20.0. The van der Waals surface area contributed by atoms with Gasteiger partial charge in [0, 0.05) is 80.6 Å². The number of H-pyrrole nitrogens is 2. The van der Waals surface area contributed by atoms with E-state index < -0.39 is 9.04 Å². The highest BCUT2D eigenvalue weighted by Crippen LogP contribution is 2.83. The number of rotatable bonds is 20. The molecule has 0 amide bonds. The fraction of sp³-hybridized carbons (Fsp3) is 0.385. The summed E-state index contributed by atoms with van der Waals surface area (Å²) in [5.41, 5.74) is 6.42. The van der Waals surface area contributed by atoms with Gasteiger partial charge in [0.25, 0.3) is 0 Å². The van der Waals surface area contributed by atoms with Crippen molar-refractivity contribution in [1.29, 1.82) is 0 Å². The van der Waals surface area contributed by atoms with Crippen LogP contribution in [0.5, 0.6) is 0 Å². The second kappa shape index (κ2) is 18.4. The highest BCUT2D eigenvalue weighted by molar-refractivity contribution is 8.59. The summed E-state index contributed by atoms with van der Waals surface area (Å²) in [6.07, 6.45) is 10.4. The fourth-order valence-electron chi connectivity index (χ4n) is 9.74. The Hall–Kier alpha value is -5.57. The molecule has 0 fully saturated rings. The van der Waals surface area contributed by atoms with Crippen LogP contribution in [0.25, 0.3) is 89.7 Å². The molecule has 13 heteroatoms. The maximum absolute atomic E-state index is 5.63. The van der Waals surface area contributed by atoms with Gasteiger partial charge in [0.15, 0.2) is 23.3 Å². The molecule has 6 N–H and O–H groups in total. The van der Waals surface area contributed by atoms with Crippen LogP contribution in [0.3, 0.4) is 0 Å². The van der Waals surface area contributed by atoms with E-state index in [0.29, 0.717) is 45.9 Å². The SMILES string of the molecule is CCCCNS(CCCC)(NCCCC)(NCCCC)(NCCCC)c1cccc2c3nc4nc(nc5[nH]c(nc6nc(nc([nH]3)c12)-c1ccccc1-6)c1ccccc51)-c1ccccc1-4. The molecule has 2 aliphatic rings. The van der Waals surface area contributed by atoms with Crippen molar-refractivity contribution in [2.75, 3.05) is 31.9 Å². The molecule has 0 aliphatic carbocycles. The van der Waals surface area contributed by atoms with E-state index in [9.17, 15) is 0 Å². The van der Waals surface area contributed by atoms with Crippen LogP contribution in [-0.2, 0) is 0 Å². The van der Waals surface area contributed by atoms with E-state index in [0.717, 1.165) is 145 Å². The molecule has 0 saturated carbocycles. The minimum atomic E-state index is -4.21. The molecule has 7 aromatic rings. The second-order valence-corrected chi connectivity index (χ2v) is 23.2. The number of hydrogen-bond donors (Lipinski definition) is 6. The molecule has 4 aromatic carbocycles. The smallest absolute Gasteiger partial charge is 0.164 e. The molecule has 2 aliphatic heterocycles. The normalized spacial score (nSPS) is 13.5. The van der Waals surface area contributed by atoms with Crippen molar-refractivity contribution in [2.45, 2.75) is 104 Å². The zero-order valence-electron chi connectivity index (χ0n) is 38.9. The average Bonchev–Trinajstić information content (AvgIpc) is 4.07. The molecular weight excluding hydrogens is 825 g/mol. The Balaban J connectivity index is 1.49. The Kier molecular flexibility index (Phi) is 12.6. The Morgan fingerprint density at radius 2 is 0.738 bits per heavy atom. The number of aromatic amines is 2. The molecule has 0 atom stereocenters. The highest BCUT2D eigenvalue weighted by atomic mass is 32.4. The molecule has 0 spiro atoms. The van der Waals surface area contributed by atoms with Gasteiger partial charge in [0.2, 0.25) is 0 Å². The molecule has 65 heavy (non-hydrogen) atoms. The molecule has 0 radical (unpaired) electrons. The Bertz CT molecular complexity index is 2960. The first-order valence-corrected chi connectivity index (χ1v) is 26.8. The van der Waals surface area contributed by atoms with E-state index >= 15 is 0 Å².